The monoisotopic (exact) mass is 264 g/mol. The molecule has 0 aliphatic carbocycles. The van der Waals surface area contributed by atoms with E-state index in [0.717, 1.165) is 11.1 Å². The molecule has 1 N–H and O–H groups in total. The number of aliphatic hydroxyl groups excluding tert-OH is 1. The predicted molar refractivity (Wildman–Crippen MR) is 71.3 cm³/mol. The van der Waals surface area contributed by atoms with Gasteiger partial charge in [0.25, 0.3) is 0 Å². The molecule has 2 rings (SSSR count). The van der Waals surface area contributed by atoms with Crippen LogP contribution in [-0.4, -0.2) is 5.11 Å². The molecule has 0 aliphatic heterocycles. The third-order valence-electron chi connectivity index (χ3n) is 2.90. The molecule has 0 amide bonds. The summed E-state index contributed by atoms with van der Waals surface area (Å²) in [6.07, 6.45) is -0.375. The second kappa shape index (κ2) is 5.51. The van der Waals surface area contributed by atoms with Gasteiger partial charge in [0.2, 0.25) is 0 Å². The molecule has 0 fully saturated rings. The van der Waals surface area contributed by atoms with E-state index in [2.05, 4.69) is 0 Å². The van der Waals surface area contributed by atoms with E-state index >= 15 is 0 Å². The molecule has 0 spiro atoms. The summed E-state index contributed by atoms with van der Waals surface area (Å²) in [6, 6.07) is 11.8. The predicted octanol–water partition coefficient (Wildman–Crippen LogP) is 4.06. The molecule has 0 heterocycles. The Balaban J connectivity index is 2.22. The van der Waals surface area contributed by atoms with Gasteiger partial charge in [0.15, 0.2) is 0 Å². The SMILES string of the molecule is Cc1cccc(C(O)Cc2cccc(F)c2)c1Cl. The quantitative estimate of drug-likeness (QED) is 0.886. The highest BCUT2D eigenvalue weighted by atomic mass is 35.5. The molecule has 0 saturated heterocycles. The van der Waals surface area contributed by atoms with Crippen LogP contribution in [0.4, 0.5) is 4.39 Å². The van der Waals surface area contributed by atoms with Gasteiger partial charge in [-0.1, -0.05) is 41.9 Å². The van der Waals surface area contributed by atoms with Gasteiger partial charge in [-0.3, -0.25) is 0 Å². The van der Waals surface area contributed by atoms with Crippen molar-refractivity contribution in [2.24, 2.45) is 0 Å². The highest BCUT2D eigenvalue weighted by Gasteiger charge is 2.13. The highest BCUT2D eigenvalue weighted by molar-refractivity contribution is 6.32. The summed E-state index contributed by atoms with van der Waals surface area (Å²) >= 11 is 6.15. The van der Waals surface area contributed by atoms with Crippen molar-refractivity contribution in [1.29, 1.82) is 0 Å². The average molecular weight is 265 g/mol. The topological polar surface area (TPSA) is 20.2 Å². The summed E-state index contributed by atoms with van der Waals surface area (Å²) in [6.45, 7) is 1.89. The van der Waals surface area contributed by atoms with E-state index in [0.29, 0.717) is 17.0 Å². The fourth-order valence-electron chi connectivity index (χ4n) is 1.92. The number of hydrogen-bond donors (Lipinski definition) is 1. The van der Waals surface area contributed by atoms with Crippen molar-refractivity contribution in [3.63, 3.8) is 0 Å². The fourth-order valence-corrected chi connectivity index (χ4v) is 2.18. The number of hydrogen-bond acceptors (Lipinski definition) is 1. The van der Waals surface area contributed by atoms with Gasteiger partial charge < -0.3 is 5.11 Å². The first kappa shape index (κ1) is 13.1. The van der Waals surface area contributed by atoms with Crippen LogP contribution >= 0.6 is 11.6 Å². The molecular weight excluding hydrogens is 251 g/mol. The van der Waals surface area contributed by atoms with Crippen LogP contribution in [0.15, 0.2) is 42.5 Å². The van der Waals surface area contributed by atoms with Crippen LogP contribution in [0.2, 0.25) is 5.02 Å². The minimum absolute atomic E-state index is 0.296. The maximum absolute atomic E-state index is 13.1. The van der Waals surface area contributed by atoms with Gasteiger partial charge in [0.05, 0.1) is 6.10 Å². The molecule has 0 saturated carbocycles. The van der Waals surface area contributed by atoms with E-state index in [4.69, 9.17) is 11.6 Å². The minimum Gasteiger partial charge on any atom is -0.388 e. The number of halogens is 2. The molecule has 94 valence electrons. The molecule has 3 heteroatoms. The maximum atomic E-state index is 13.1. The van der Waals surface area contributed by atoms with Crippen molar-refractivity contribution in [1.82, 2.24) is 0 Å². The number of rotatable bonds is 3. The Morgan fingerprint density at radius 1 is 1.22 bits per heavy atom. The van der Waals surface area contributed by atoms with Crippen LogP contribution in [-0.2, 0) is 6.42 Å². The Hall–Kier alpha value is -1.38. The molecule has 0 radical (unpaired) electrons. The Kier molecular flexibility index (Phi) is 4.00. The molecular formula is C15H14ClFO. The molecule has 18 heavy (non-hydrogen) atoms. The van der Waals surface area contributed by atoms with Crippen molar-refractivity contribution in [2.45, 2.75) is 19.4 Å². The van der Waals surface area contributed by atoms with Crippen molar-refractivity contribution in [2.75, 3.05) is 0 Å². The lowest BCUT2D eigenvalue weighted by Crippen LogP contribution is -2.03. The van der Waals surface area contributed by atoms with Gasteiger partial charge in [0.1, 0.15) is 5.82 Å². The second-order valence-electron chi connectivity index (χ2n) is 4.33. The lowest BCUT2D eigenvalue weighted by Gasteiger charge is -2.14. The summed E-state index contributed by atoms with van der Waals surface area (Å²) in [7, 11) is 0. The third-order valence-corrected chi connectivity index (χ3v) is 3.42. The minimum atomic E-state index is -0.723. The smallest absolute Gasteiger partial charge is 0.123 e. The van der Waals surface area contributed by atoms with Crippen LogP contribution in [0.3, 0.4) is 0 Å². The first-order chi connectivity index (χ1) is 8.58. The van der Waals surface area contributed by atoms with Crippen LogP contribution in [0, 0.1) is 12.7 Å². The highest BCUT2D eigenvalue weighted by Crippen LogP contribution is 2.28. The average Bonchev–Trinajstić information content (AvgIpc) is 2.32. The summed E-state index contributed by atoms with van der Waals surface area (Å²) < 4.78 is 13.1. The zero-order valence-electron chi connectivity index (χ0n) is 10.0. The van der Waals surface area contributed by atoms with Gasteiger partial charge in [-0.05, 0) is 35.7 Å². The van der Waals surface area contributed by atoms with E-state index in [1.807, 2.05) is 19.1 Å². The molecule has 1 nitrogen and oxygen atoms in total. The molecule has 0 aromatic heterocycles. The first-order valence-corrected chi connectivity index (χ1v) is 6.13. The Labute approximate surface area is 111 Å². The lowest BCUT2D eigenvalue weighted by atomic mass is 10.00. The Morgan fingerprint density at radius 2 is 1.94 bits per heavy atom. The zero-order valence-corrected chi connectivity index (χ0v) is 10.8. The molecule has 1 atom stereocenters. The molecule has 0 aliphatic rings. The normalized spacial score (nSPS) is 12.4. The molecule has 2 aromatic carbocycles. The largest absolute Gasteiger partial charge is 0.388 e. The number of benzene rings is 2. The number of aliphatic hydroxyl groups is 1. The molecule has 0 bridgehead atoms. The van der Waals surface area contributed by atoms with E-state index in [9.17, 15) is 9.50 Å². The summed E-state index contributed by atoms with van der Waals surface area (Å²) in [5, 5.41) is 10.7. The molecule has 1 unspecified atom stereocenters. The van der Waals surface area contributed by atoms with Crippen LogP contribution in [0.5, 0.6) is 0 Å². The standard InChI is InChI=1S/C15H14ClFO/c1-10-4-2-7-13(15(10)16)14(18)9-11-5-3-6-12(17)8-11/h2-8,14,18H,9H2,1H3. The van der Waals surface area contributed by atoms with Crippen molar-refractivity contribution < 1.29 is 9.50 Å². The van der Waals surface area contributed by atoms with Gasteiger partial charge in [-0.2, -0.15) is 0 Å². The number of aryl methyl sites for hydroxylation is 1. The van der Waals surface area contributed by atoms with Crippen LogP contribution in [0.25, 0.3) is 0 Å². The van der Waals surface area contributed by atoms with Gasteiger partial charge in [-0.25, -0.2) is 4.39 Å². The Bertz CT molecular complexity index is 554. The summed E-state index contributed by atoms with van der Waals surface area (Å²) in [4.78, 5) is 0. The van der Waals surface area contributed by atoms with E-state index in [-0.39, 0.29) is 5.82 Å². The zero-order chi connectivity index (χ0) is 13.1. The summed E-state index contributed by atoms with van der Waals surface area (Å²) in [5.41, 5.74) is 2.36. The maximum Gasteiger partial charge on any atom is 0.123 e. The lowest BCUT2D eigenvalue weighted by molar-refractivity contribution is 0.178. The third kappa shape index (κ3) is 2.89. The van der Waals surface area contributed by atoms with Gasteiger partial charge >= 0.3 is 0 Å². The molecule has 2 aromatic rings. The van der Waals surface area contributed by atoms with Crippen molar-refractivity contribution >= 4 is 11.6 Å². The van der Waals surface area contributed by atoms with E-state index in [1.165, 1.54) is 12.1 Å². The van der Waals surface area contributed by atoms with Crippen molar-refractivity contribution in [3.05, 3.63) is 70.0 Å². The Morgan fingerprint density at radius 3 is 2.67 bits per heavy atom. The van der Waals surface area contributed by atoms with Gasteiger partial charge in [0, 0.05) is 11.4 Å². The van der Waals surface area contributed by atoms with Crippen molar-refractivity contribution in [3.8, 4) is 0 Å². The van der Waals surface area contributed by atoms with Crippen LogP contribution < -0.4 is 0 Å². The van der Waals surface area contributed by atoms with E-state index < -0.39 is 6.10 Å². The second-order valence-corrected chi connectivity index (χ2v) is 4.71. The van der Waals surface area contributed by atoms with E-state index in [1.54, 1.807) is 18.2 Å². The fraction of sp³-hybridized carbons (Fsp3) is 0.200. The van der Waals surface area contributed by atoms with Crippen LogP contribution in [0.1, 0.15) is 22.8 Å². The van der Waals surface area contributed by atoms with Gasteiger partial charge in [-0.15, -0.1) is 0 Å². The first-order valence-electron chi connectivity index (χ1n) is 5.75. The summed E-state index contributed by atoms with van der Waals surface area (Å²) in [5.74, 6) is -0.296.